The highest BCUT2D eigenvalue weighted by Gasteiger charge is 2.20. The van der Waals surface area contributed by atoms with E-state index in [2.05, 4.69) is 26.6 Å². The minimum atomic E-state index is -0.541. The second kappa shape index (κ2) is 7.84. The number of hydrogen-bond acceptors (Lipinski definition) is 4. The maximum Gasteiger partial charge on any atom is 0.350 e. The van der Waals surface area contributed by atoms with Gasteiger partial charge in [-0.05, 0) is 18.2 Å². The molecule has 0 bridgehead atoms. The maximum absolute atomic E-state index is 13.8. The molecule has 2 N–H and O–H groups in total. The molecule has 26 heavy (non-hydrogen) atoms. The van der Waals surface area contributed by atoms with E-state index < -0.39 is 17.8 Å². The van der Waals surface area contributed by atoms with E-state index in [0.717, 1.165) is 10.1 Å². The lowest BCUT2D eigenvalue weighted by molar-refractivity contribution is 0.0607. The number of rotatable bonds is 4. The summed E-state index contributed by atoms with van der Waals surface area (Å²) in [5, 5.41) is 6.01. The van der Waals surface area contributed by atoms with E-state index in [1.165, 1.54) is 24.5 Å². The Bertz CT molecular complexity index is 990. The topological polar surface area (TPSA) is 67.4 Å². The number of fused-ring (bicyclic) bond motifs is 1. The molecule has 1 aromatic heterocycles. The van der Waals surface area contributed by atoms with Gasteiger partial charge in [0.2, 0.25) is 0 Å². The van der Waals surface area contributed by atoms with Gasteiger partial charge in [-0.25, -0.2) is 14.0 Å². The molecule has 0 aliphatic carbocycles. The quantitative estimate of drug-likeness (QED) is 0.570. The molecule has 5 nitrogen and oxygen atoms in total. The summed E-state index contributed by atoms with van der Waals surface area (Å²) in [5.74, 6) is -0.948. The van der Waals surface area contributed by atoms with E-state index in [4.69, 9.17) is 4.74 Å². The molecule has 0 spiro atoms. The third-order valence-corrected chi connectivity index (χ3v) is 5.30. The summed E-state index contributed by atoms with van der Waals surface area (Å²) in [6.07, 6.45) is 0. The molecule has 8 heteroatoms. The Labute approximate surface area is 161 Å². The van der Waals surface area contributed by atoms with Crippen molar-refractivity contribution < 1.29 is 18.7 Å². The van der Waals surface area contributed by atoms with Crippen LogP contribution in [0.4, 0.5) is 14.9 Å². The Morgan fingerprint density at radius 2 is 2.00 bits per heavy atom. The molecule has 0 atom stereocenters. The van der Waals surface area contributed by atoms with E-state index in [1.807, 2.05) is 24.3 Å². The van der Waals surface area contributed by atoms with Gasteiger partial charge in [0.15, 0.2) is 0 Å². The predicted molar refractivity (Wildman–Crippen MR) is 103 cm³/mol. The number of benzene rings is 2. The zero-order valence-corrected chi connectivity index (χ0v) is 16.0. The van der Waals surface area contributed by atoms with Crippen molar-refractivity contribution >= 4 is 55.0 Å². The van der Waals surface area contributed by atoms with Crippen LogP contribution in [0, 0.1) is 5.82 Å². The number of amides is 2. The fraction of sp³-hybridized carbons (Fsp3) is 0.111. The summed E-state index contributed by atoms with van der Waals surface area (Å²) in [6.45, 7) is 0.0145. The molecule has 0 unspecified atom stereocenters. The number of anilines is 1. The van der Waals surface area contributed by atoms with E-state index >= 15 is 0 Å². The molecule has 1 heterocycles. The number of thiophene rings is 1. The molecule has 0 aliphatic heterocycles. The maximum atomic E-state index is 13.8. The van der Waals surface area contributed by atoms with Crippen molar-refractivity contribution in [2.75, 3.05) is 12.4 Å². The van der Waals surface area contributed by atoms with Crippen molar-refractivity contribution in [3.8, 4) is 0 Å². The Morgan fingerprint density at radius 3 is 2.73 bits per heavy atom. The third kappa shape index (κ3) is 3.86. The van der Waals surface area contributed by atoms with E-state index in [0.29, 0.717) is 20.6 Å². The largest absolute Gasteiger partial charge is 0.465 e. The molecule has 3 rings (SSSR count). The van der Waals surface area contributed by atoms with Gasteiger partial charge in [-0.3, -0.25) is 0 Å². The summed E-state index contributed by atoms with van der Waals surface area (Å²) in [5.41, 5.74) is 0.734. The van der Waals surface area contributed by atoms with Gasteiger partial charge in [-0.1, -0.05) is 40.2 Å². The van der Waals surface area contributed by atoms with Crippen molar-refractivity contribution in [2.45, 2.75) is 6.54 Å². The highest BCUT2D eigenvalue weighted by Crippen LogP contribution is 2.36. The SMILES string of the molecule is COC(=O)c1sc2ccccc2c1NC(=O)NCc1ccc(Br)cc1F. The first kappa shape index (κ1) is 18.3. The van der Waals surface area contributed by atoms with Crippen LogP contribution in [-0.2, 0) is 11.3 Å². The Hall–Kier alpha value is -2.45. The second-order valence-corrected chi connectivity index (χ2v) is 7.31. The van der Waals surface area contributed by atoms with E-state index in [-0.39, 0.29) is 6.54 Å². The highest BCUT2D eigenvalue weighted by atomic mass is 79.9. The van der Waals surface area contributed by atoms with Crippen LogP contribution in [0.1, 0.15) is 15.2 Å². The van der Waals surface area contributed by atoms with Gasteiger partial charge in [-0.15, -0.1) is 11.3 Å². The zero-order chi connectivity index (χ0) is 18.7. The summed E-state index contributed by atoms with van der Waals surface area (Å²) >= 11 is 4.42. The molecule has 3 aromatic rings. The molecule has 0 saturated carbocycles. The van der Waals surface area contributed by atoms with Crippen molar-refractivity contribution in [1.82, 2.24) is 5.32 Å². The molecular weight excluding hydrogens is 423 g/mol. The molecule has 2 aromatic carbocycles. The van der Waals surface area contributed by atoms with Gasteiger partial charge in [-0.2, -0.15) is 0 Å². The molecule has 0 fully saturated rings. The highest BCUT2D eigenvalue weighted by molar-refractivity contribution is 9.10. The molecule has 134 valence electrons. The monoisotopic (exact) mass is 436 g/mol. The second-order valence-electron chi connectivity index (χ2n) is 5.34. The molecule has 0 aliphatic rings. The number of esters is 1. The van der Waals surface area contributed by atoms with Gasteiger partial charge >= 0.3 is 12.0 Å². The molecule has 2 amide bonds. The van der Waals surface area contributed by atoms with Gasteiger partial charge in [0.1, 0.15) is 10.7 Å². The minimum absolute atomic E-state index is 0.0145. The fourth-order valence-corrected chi connectivity index (χ4v) is 3.81. The van der Waals surface area contributed by atoms with Crippen LogP contribution >= 0.6 is 27.3 Å². The van der Waals surface area contributed by atoms with Crippen molar-refractivity contribution in [3.05, 3.63) is 63.2 Å². The first-order valence-corrected chi connectivity index (χ1v) is 9.19. The standard InChI is InChI=1S/C18H14BrFN2O3S/c1-25-17(23)16-15(12-4-2-3-5-14(12)26-16)22-18(24)21-9-10-6-7-11(19)8-13(10)20/h2-8H,9H2,1H3,(H2,21,22,24). The Morgan fingerprint density at radius 1 is 1.23 bits per heavy atom. The summed E-state index contributed by atoms with van der Waals surface area (Å²) in [7, 11) is 1.28. The Balaban J connectivity index is 1.79. The van der Waals surface area contributed by atoms with E-state index in [1.54, 1.807) is 12.1 Å². The van der Waals surface area contributed by atoms with Crippen LogP contribution in [0.15, 0.2) is 46.9 Å². The van der Waals surface area contributed by atoms with Crippen LogP contribution in [0.3, 0.4) is 0 Å². The number of nitrogens with one attached hydrogen (secondary N) is 2. The summed E-state index contributed by atoms with van der Waals surface area (Å²) in [4.78, 5) is 24.6. The van der Waals surface area contributed by atoms with Gasteiger partial charge in [0.25, 0.3) is 0 Å². The average Bonchev–Trinajstić information content (AvgIpc) is 2.99. The number of urea groups is 1. The normalized spacial score (nSPS) is 10.6. The lowest BCUT2D eigenvalue weighted by Gasteiger charge is -2.09. The van der Waals surface area contributed by atoms with Crippen molar-refractivity contribution in [3.63, 3.8) is 0 Å². The van der Waals surface area contributed by atoms with Gasteiger partial charge < -0.3 is 15.4 Å². The lowest BCUT2D eigenvalue weighted by atomic mass is 10.2. The van der Waals surface area contributed by atoms with Crippen LogP contribution in [0.2, 0.25) is 0 Å². The molecular formula is C18H14BrFN2O3S. The van der Waals surface area contributed by atoms with Crippen LogP contribution in [-0.4, -0.2) is 19.1 Å². The number of carbonyl (C=O) groups excluding carboxylic acids is 2. The molecule has 0 saturated heterocycles. The van der Waals surface area contributed by atoms with Gasteiger partial charge in [0, 0.05) is 26.7 Å². The summed E-state index contributed by atoms with van der Waals surface area (Å²) < 4.78 is 20.1. The van der Waals surface area contributed by atoms with Gasteiger partial charge in [0.05, 0.1) is 12.8 Å². The smallest absolute Gasteiger partial charge is 0.350 e. The number of hydrogen-bond donors (Lipinski definition) is 2. The van der Waals surface area contributed by atoms with Crippen molar-refractivity contribution in [2.24, 2.45) is 0 Å². The number of ether oxygens (including phenoxy) is 1. The van der Waals surface area contributed by atoms with Crippen LogP contribution in [0.5, 0.6) is 0 Å². The van der Waals surface area contributed by atoms with Crippen molar-refractivity contribution in [1.29, 1.82) is 0 Å². The van der Waals surface area contributed by atoms with Crippen LogP contribution in [0.25, 0.3) is 10.1 Å². The minimum Gasteiger partial charge on any atom is -0.465 e. The number of halogens is 2. The average molecular weight is 437 g/mol. The predicted octanol–water partition coefficient (Wildman–Crippen LogP) is 4.91. The third-order valence-electron chi connectivity index (χ3n) is 3.66. The number of methoxy groups -OCH3 is 1. The number of carbonyl (C=O) groups is 2. The van der Waals surface area contributed by atoms with Crippen LogP contribution < -0.4 is 10.6 Å². The first-order valence-electron chi connectivity index (χ1n) is 7.58. The Kier molecular flexibility index (Phi) is 5.53. The lowest BCUT2D eigenvalue weighted by Crippen LogP contribution is -2.29. The zero-order valence-electron chi connectivity index (χ0n) is 13.6. The van der Waals surface area contributed by atoms with E-state index in [9.17, 15) is 14.0 Å². The molecule has 0 radical (unpaired) electrons. The summed E-state index contributed by atoms with van der Waals surface area (Å²) in [6, 6.07) is 11.4. The fourth-order valence-electron chi connectivity index (χ4n) is 2.40. The first-order chi connectivity index (χ1) is 12.5.